The highest BCUT2D eigenvalue weighted by Gasteiger charge is 2.28. The van der Waals surface area contributed by atoms with E-state index in [2.05, 4.69) is 5.32 Å². The summed E-state index contributed by atoms with van der Waals surface area (Å²) in [7, 11) is -3.58. The summed E-state index contributed by atoms with van der Waals surface area (Å²) in [6.07, 6.45) is 0. The SMILES string of the molecule is Cc1ccc(NC(=O)c2cc(S(=O)(=O)N3CCOCC3)cs2)cc1C. The molecule has 1 aromatic heterocycles. The number of thiophene rings is 1. The molecule has 1 aromatic carbocycles. The molecule has 2 aromatic rings. The molecule has 134 valence electrons. The third-order valence-electron chi connectivity index (χ3n) is 4.17. The molecule has 1 fully saturated rings. The Hall–Kier alpha value is -1.74. The van der Waals surface area contributed by atoms with Gasteiger partial charge in [-0.25, -0.2) is 8.42 Å². The van der Waals surface area contributed by atoms with Gasteiger partial charge < -0.3 is 10.1 Å². The van der Waals surface area contributed by atoms with Crippen LogP contribution in [-0.4, -0.2) is 44.9 Å². The van der Waals surface area contributed by atoms with Crippen molar-refractivity contribution in [2.45, 2.75) is 18.7 Å². The molecule has 25 heavy (non-hydrogen) atoms. The van der Waals surface area contributed by atoms with Crippen LogP contribution >= 0.6 is 11.3 Å². The third-order valence-corrected chi connectivity index (χ3v) is 7.13. The molecule has 8 heteroatoms. The number of hydrogen-bond donors (Lipinski definition) is 1. The fourth-order valence-corrected chi connectivity index (χ4v) is 5.09. The average molecular weight is 380 g/mol. The number of ether oxygens (including phenoxy) is 1. The standard InChI is InChI=1S/C17H20N2O4S2/c1-12-3-4-14(9-13(12)2)18-17(20)16-10-15(11-24-16)25(21,22)19-5-7-23-8-6-19/h3-4,9-11H,5-8H2,1-2H3,(H,18,20). The first-order chi connectivity index (χ1) is 11.9. The van der Waals surface area contributed by atoms with Crippen molar-refractivity contribution in [3.05, 3.63) is 45.6 Å². The molecule has 0 bridgehead atoms. The Balaban J connectivity index is 1.76. The van der Waals surface area contributed by atoms with Gasteiger partial charge in [-0.15, -0.1) is 11.3 Å². The normalized spacial score (nSPS) is 15.9. The van der Waals surface area contributed by atoms with Crippen LogP contribution in [0.1, 0.15) is 20.8 Å². The fraction of sp³-hybridized carbons (Fsp3) is 0.353. The zero-order chi connectivity index (χ0) is 18.0. The molecule has 0 saturated carbocycles. The van der Waals surface area contributed by atoms with Gasteiger partial charge in [-0.3, -0.25) is 4.79 Å². The number of morpholine rings is 1. The average Bonchev–Trinajstić information content (AvgIpc) is 3.10. The molecule has 2 heterocycles. The molecule has 3 rings (SSSR count). The molecule has 1 aliphatic rings. The van der Waals surface area contributed by atoms with Gasteiger partial charge >= 0.3 is 0 Å². The van der Waals surface area contributed by atoms with Gasteiger partial charge in [-0.2, -0.15) is 4.31 Å². The first kappa shape index (κ1) is 18.1. The largest absolute Gasteiger partial charge is 0.379 e. The molecule has 6 nitrogen and oxygen atoms in total. The van der Waals surface area contributed by atoms with E-state index in [1.54, 1.807) is 0 Å². The number of benzene rings is 1. The smallest absolute Gasteiger partial charge is 0.265 e. The van der Waals surface area contributed by atoms with Crippen LogP contribution in [-0.2, 0) is 14.8 Å². The van der Waals surface area contributed by atoms with E-state index < -0.39 is 10.0 Å². The fourth-order valence-electron chi connectivity index (χ4n) is 2.52. The minimum atomic E-state index is -3.58. The van der Waals surface area contributed by atoms with E-state index in [1.165, 1.54) is 15.8 Å². The number of anilines is 1. The van der Waals surface area contributed by atoms with Crippen LogP contribution in [0.15, 0.2) is 34.5 Å². The number of nitrogens with one attached hydrogen (secondary N) is 1. The first-order valence-corrected chi connectivity index (χ1v) is 10.2. The summed E-state index contributed by atoms with van der Waals surface area (Å²) in [6.45, 7) is 5.43. The molecule has 0 radical (unpaired) electrons. The van der Waals surface area contributed by atoms with E-state index in [4.69, 9.17) is 4.74 Å². The van der Waals surface area contributed by atoms with E-state index in [9.17, 15) is 13.2 Å². The maximum absolute atomic E-state index is 12.6. The lowest BCUT2D eigenvalue weighted by molar-refractivity contribution is 0.0730. The number of amides is 1. The predicted molar refractivity (Wildman–Crippen MR) is 97.8 cm³/mol. The molecule has 1 saturated heterocycles. The second-order valence-corrected chi connectivity index (χ2v) is 8.77. The van der Waals surface area contributed by atoms with E-state index in [1.807, 2.05) is 32.0 Å². The second-order valence-electron chi connectivity index (χ2n) is 5.92. The van der Waals surface area contributed by atoms with Gasteiger partial charge in [0.2, 0.25) is 10.0 Å². The lowest BCUT2D eigenvalue weighted by Gasteiger charge is -2.25. The maximum Gasteiger partial charge on any atom is 0.265 e. The topological polar surface area (TPSA) is 75.7 Å². The molecule has 1 amide bonds. The number of carbonyl (C=O) groups excluding carboxylic acids is 1. The predicted octanol–water partition coefficient (Wildman–Crippen LogP) is 2.64. The van der Waals surface area contributed by atoms with Crippen molar-refractivity contribution in [3.63, 3.8) is 0 Å². The second kappa shape index (κ2) is 7.25. The Morgan fingerprint density at radius 3 is 2.56 bits per heavy atom. The summed E-state index contributed by atoms with van der Waals surface area (Å²) in [6, 6.07) is 7.10. The zero-order valence-corrected chi connectivity index (χ0v) is 15.7. The highest BCUT2D eigenvalue weighted by molar-refractivity contribution is 7.89. The Labute approximate surface area is 151 Å². The molecular formula is C17H20N2O4S2. The van der Waals surface area contributed by atoms with Gasteiger partial charge in [-0.1, -0.05) is 6.07 Å². The zero-order valence-electron chi connectivity index (χ0n) is 14.1. The molecule has 0 spiro atoms. The monoisotopic (exact) mass is 380 g/mol. The maximum atomic E-state index is 12.6. The molecule has 1 N–H and O–H groups in total. The minimum absolute atomic E-state index is 0.157. The highest BCUT2D eigenvalue weighted by atomic mass is 32.2. The molecular weight excluding hydrogens is 360 g/mol. The number of sulfonamides is 1. The van der Waals surface area contributed by atoms with Crippen LogP contribution in [0.25, 0.3) is 0 Å². The van der Waals surface area contributed by atoms with E-state index in [0.717, 1.165) is 22.5 Å². The summed E-state index contributed by atoms with van der Waals surface area (Å²) in [5.41, 5.74) is 2.92. The van der Waals surface area contributed by atoms with E-state index >= 15 is 0 Å². The van der Waals surface area contributed by atoms with Crippen LogP contribution in [0, 0.1) is 13.8 Å². The van der Waals surface area contributed by atoms with Crippen molar-refractivity contribution in [2.75, 3.05) is 31.6 Å². The van der Waals surface area contributed by atoms with Crippen molar-refractivity contribution < 1.29 is 17.9 Å². The van der Waals surface area contributed by atoms with Crippen LogP contribution in [0.4, 0.5) is 5.69 Å². The molecule has 0 unspecified atom stereocenters. The van der Waals surface area contributed by atoms with Crippen LogP contribution in [0.2, 0.25) is 0 Å². The van der Waals surface area contributed by atoms with Gasteiger partial charge in [0.1, 0.15) is 0 Å². The molecule has 0 aliphatic carbocycles. The summed E-state index contributed by atoms with van der Waals surface area (Å²) in [5.74, 6) is -0.309. The number of rotatable bonds is 4. The first-order valence-electron chi connectivity index (χ1n) is 7.93. The summed E-state index contributed by atoms with van der Waals surface area (Å²) in [4.78, 5) is 12.9. The number of nitrogens with zero attached hydrogens (tertiary/aromatic N) is 1. The molecule has 1 aliphatic heterocycles. The quantitative estimate of drug-likeness (QED) is 0.885. The summed E-state index contributed by atoms with van der Waals surface area (Å²) >= 11 is 1.13. The van der Waals surface area contributed by atoms with Crippen molar-refractivity contribution in [3.8, 4) is 0 Å². The molecule has 0 atom stereocenters. The van der Waals surface area contributed by atoms with Gasteiger partial charge in [0.25, 0.3) is 5.91 Å². The van der Waals surface area contributed by atoms with Crippen molar-refractivity contribution >= 4 is 33.0 Å². The van der Waals surface area contributed by atoms with E-state index in [0.29, 0.717) is 36.9 Å². The van der Waals surface area contributed by atoms with Gasteiger partial charge in [0.15, 0.2) is 0 Å². The van der Waals surface area contributed by atoms with Crippen molar-refractivity contribution in [2.24, 2.45) is 0 Å². The number of carbonyl (C=O) groups is 1. The Kier molecular flexibility index (Phi) is 5.24. The van der Waals surface area contributed by atoms with Gasteiger partial charge in [0.05, 0.1) is 23.0 Å². The summed E-state index contributed by atoms with van der Waals surface area (Å²) < 4.78 is 31.8. The van der Waals surface area contributed by atoms with Crippen LogP contribution < -0.4 is 5.32 Å². The Morgan fingerprint density at radius 1 is 1.16 bits per heavy atom. The summed E-state index contributed by atoms with van der Waals surface area (Å²) in [5, 5.41) is 4.33. The lowest BCUT2D eigenvalue weighted by atomic mass is 10.1. The van der Waals surface area contributed by atoms with Crippen molar-refractivity contribution in [1.82, 2.24) is 4.31 Å². The van der Waals surface area contributed by atoms with Gasteiger partial charge in [0, 0.05) is 24.2 Å². The highest BCUT2D eigenvalue weighted by Crippen LogP contribution is 2.24. The number of aryl methyl sites for hydroxylation is 2. The minimum Gasteiger partial charge on any atom is -0.379 e. The van der Waals surface area contributed by atoms with Gasteiger partial charge in [-0.05, 0) is 43.2 Å². The van der Waals surface area contributed by atoms with Crippen molar-refractivity contribution in [1.29, 1.82) is 0 Å². The number of hydrogen-bond acceptors (Lipinski definition) is 5. The van der Waals surface area contributed by atoms with E-state index in [-0.39, 0.29) is 10.8 Å². The lowest BCUT2D eigenvalue weighted by Crippen LogP contribution is -2.40. The Bertz CT molecular complexity index is 884. The Morgan fingerprint density at radius 2 is 1.88 bits per heavy atom. The van der Waals surface area contributed by atoms with Crippen LogP contribution in [0.3, 0.4) is 0 Å². The third kappa shape index (κ3) is 3.92. The van der Waals surface area contributed by atoms with Crippen LogP contribution in [0.5, 0.6) is 0 Å².